The van der Waals surface area contributed by atoms with E-state index in [1.165, 1.54) is 12.1 Å². The molecule has 3 atom stereocenters. The van der Waals surface area contributed by atoms with Gasteiger partial charge in [0, 0.05) is 5.69 Å². The van der Waals surface area contributed by atoms with E-state index in [2.05, 4.69) is 5.32 Å². The van der Waals surface area contributed by atoms with Crippen LogP contribution in [0.3, 0.4) is 0 Å². The average molecular weight is 383 g/mol. The highest BCUT2D eigenvalue weighted by Gasteiger charge is 2.38. The molecule has 0 saturated carbocycles. The molecule has 0 saturated heterocycles. The van der Waals surface area contributed by atoms with Crippen molar-refractivity contribution in [1.82, 2.24) is 0 Å². The standard InChI is InChI=1S/C21H18FNO3S/c1-25-17-12-10-16(11-13-17)23-20(14-6-8-15(22)9-7-14)21-26-18-4-2-3-5-19(18)27(21)24/h2-13,20-21,23H,1H3/t20-,21-,27?/m0/s1. The molecule has 138 valence electrons. The lowest BCUT2D eigenvalue weighted by molar-refractivity contribution is 0.267. The first-order valence-electron chi connectivity index (χ1n) is 8.48. The van der Waals surface area contributed by atoms with E-state index in [-0.39, 0.29) is 5.82 Å². The molecule has 6 heteroatoms. The normalized spacial score (nSPS) is 19.0. The SMILES string of the molecule is COc1ccc(N[C@@H](c2ccc(F)cc2)[C@H]2Oc3ccccc3S2=O)cc1. The Kier molecular flexibility index (Phi) is 4.81. The molecule has 0 aromatic heterocycles. The number of fused-ring (bicyclic) bond motifs is 1. The molecule has 0 amide bonds. The molecular weight excluding hydrogens is 365 g/mol. The maximum Gasteiger partial charge on any atom is 0.201 e. The van der Waals surface area contributed by atoms with Crippen molar-refractivity contribution >= 4 is 16.5 Å². The Morgan fingerprint density at radius 3 is 2.41 bits per heavy atom. The smallest absolute Gasteiger partial charge is 0.201 e. The predicted molar refractivity (Wildman–Crippen MR) is 103 cm³/mol. The summed E-state index contributed by atoms with van der Waals surface area (Å²) in [4.78, 5) is 0.672. The molecule has 4 rings (SSSR count). The van der Waals surface area contributed by atoms with Gasteiger partial charge in [-0.2, -0.15) is 0 Å². The Bertz CT molecular complexity index is 960. The van der Waals surface area contributed by atoms with Crippen LogP contribution in [0.15, 0.2) is 77.7 Å². The lowest BCUT2D eigenvalue weighted by atomic mass is 10.1. The van der Waals surface area contributed by atoms with Crippen molar-refractivity contribution in [2.24, 2.45) is 0 Å². The maximum absolute atomic E-state index is 13.4. The average Bonchev–Trinajstić information content (AvgIpc) is 3.04. The molecule has 0 aliphatic carbocycles. The highest BCUT2D eigenvalue weighted by molar-refractivity contribution is 7.86. The van der Waals surface area contributed by atoms with Gasteiger partial charge in [-0.15, -0.1) is 0 Å². The number of methoxy groups -OCH3 is 1. The van der Waals surface area contributed by atoms with E-state index in [0.717, 1.165) is 17.0 Å². The summed E-state index contributed by atoms with van der Waals surface area (Å²) in [6.07, 6.45) is 0. The van der Waals surface area contributed by atoms with Gasteiger partial charge in [0.15, 0.2) is 0 Å². The Hall–Kier alpha value is -2.86. The summed E-state index contributed by atoms with van der Waals surface area (Å²) in [6, 6.07) is 20.5. The molecule has 3 aromatic rings. The largest absolute Gasteiger partial charge is 0.497 e. The number of hydrogen-bond acceptors (Lipinski definition) is 4. The zero-order valence-corrected chi connectivity index (χ0v) is 15.4. The molecular formula is C21H18FNO3S. The number of nitrogens with one attached hydrogen (secondary N) is 1. The minimum absolute atomic E-state index is 0.321. The number of para-hydroxylation sites is 1. The molecule has 1 unspecified atom stereocenters. The summed E-state index contributed by atoms with van der Waals surface area (Å²) >= 11 is 0. The summed E-state index contributed by atoms with van der Waals surface area (Å²) in [5, 5.41) is 3.38. The van der Waals surface area contributed by atoms with Crippen LogP contribution in [0.4, 0.5) is 10.1 Å². The quantitative estimate of drug-likeness (QED) is 0.704. The second-order valence-corrected chi connectivity index (χ2v) is 7.63. The molecule has 0 fully saturated rings. The van der Waals surface area contributed by atoms with Crippen molar-refractivity contribution in [3.8, 4) is 11.5 Å². The van der Waals surface area contributed by atoms with E-state index in [4.69, 9.17) is 9.47 Å². The Labute approximate surface area is 159 Å². The van der Waals surface area contributed by atoms with Crippen molar-refractivity contribution < 1.29 is 18.1 Å². The Balaban J connectivity index is 1.68. The molecule has 1 N–H and O–H groups in total. The lowest BCUT2D eigenvalue weighted by Gasteiger charge is -2.25. The fourth-order valence-electron chi connectivity index (χ4n) is 3.04. The van der Waals surface area contributed by atoms with Crippen LogP contribution in [0.1, 0.15) is 11.6 Å². The zero-order valence-electron chi connectivity index (χ0n) is 14.6. The molecule has 0 spiro atoms. The van der Waals surface area contributed by atoms with Gasteiger partial charge in [0.25, 0.3) is 0 Å². The van der Waals surface area contributed by atoms with Crippen molar-refractivity contribution in [2.45, 2.75) is 16.4 Å². The number of anilines is 1. The maximum atomic E-state index is 13.4. The van der Waals surface area contributed by atoms with Gasteiger partial charge >= 0.3 is 0 Å². The van der Waals surface area contributed by atoms with E-state index in [9.17, 15) is 8.60 Å². The van der Waals surface area contributed by atoms with Gasteiger partial charge in [-0.1, -0.05) is 24.3 Å². The molecule has 0 radical (unpaired) electrons. The van der Waals surface area contributed by atoms with Crippen LogP contribution in [0.25, 0.3) is 0 Å². The van der Waals surface area contributed by atoms with Crippen molar-refractivity contribution in [3.05, 3.63) is 84.2 Å². The lowest BCUT2D eigenvalue weighted by Crippen LogP contribution is -2.31. The number of ether oxygens (including phenoxy) is 2. The first kappa shape index (κ1) is 17.5. The minimum Gasteiger partial charge on any atom is -0.497 e. The third-order valence-electron chi connectivity index (χ3n) is 4.43. The van der Waals surface area contributed by atoms with E-state index >= 15 is 0 Å². The summed E-state index contributed by atoms with van der Waals surface area (Å²) in [5.74, 6) is 1.04. The molecule has 27 heavy (non-hydrogen) atoms. The third kappa shape index (κ3) is 3.53. The van der Waals surface area contributed by atoms with Gasteiger partial charge in [0.1, 0.15) is 34.2 Å². The topological polar surface area (TPSA) is 47.6 Å². The number of halogens is 1. The van der Waals surface area contributed by atoms with E-state index < -0.39 is 22.3 Å². The minimum atomic E-state index is -1.35. The van der Waals surface area contributed by atoms with Crippen LogP contribution < -0.4 is 14.8 Å². The van der Waals surface area contributed by atoms with Crippen LogP contribution >= 0.6 is 0 Å². The van der Waals surface area contributed by atoms with Crippen molar-refractivity contribution in [3.63, 3.8) is 0 Å². The first-order chi connectivity index (χ1) is 13.2. The van der Waals surface area contributed by atoms with Crippen LogP contribution in [-0.2, 0) is 10.8 Å². The van der Waals surface area contributed by atoms with Crippen LogP contribution in [0, 0.1) is 5.82 Å². The second kappa shape index (κ2) is 7.40. The third-order valence-corrected chi connectivity index (χ3v) is 5.99. The van der Waals surface area contributed by atoms with Gasteiger partial charge in [-0.05, 0) is 54.1 Å². The zero-order chi connectivity index (χ0) is 18.8. The summed E-state index contributed by atoms with van der Waals surface area (Å²) in [6.45, 7) is 0. The number of benzene rings is 3. The molecule has 3 aromatic carbocycles. The van der Waals surface area contributed by atoms with Crippen LogP contribution in [-0.4, -0.2) is 16.8 Å². The van der Waals surface area contributed by atoms with Crippen LogP contribution in [0.2, 0.25) is 0 Å². The van der Waals surface area contributed by atoms with Crippen molar-refractivity contribution in [1.29, 1.82) is 0 Å². The first-order valence-corrected chi connectivity index (χ1v) is 9.69. The molecule has 1 aliphatic heterocycles. The summed E-state index contributed by atoms with van der Waals surface area (Å²) in [7, 11) is 0.253. The van der Waals surface area contributed by atoms with Gasteiger partial charge < -0.3 is 14.8 Å². The predicted octanol–water partition coefficient (Wildman–Crippen LogP) is 4.51. The number of hydrogen-bond donors (Lipinski definition) is 1. The molecule has 1 heterocycles. The van der Waals surface area contributed by atoms with Crippen LogP contribution in [0.5, 0.6) is 11.5 Å². The monoisotopic (exact) mass is 383 g/mol. The highest BCUT2D eigenvalue weighted by atomic mass is 32.2. The van der Waals surface area contributed by atoms with E-state index in [0.29, 0.717) is 10.6 Å². The Morgan fingerprint density at radius 1 is 1.04 bits per heavy atom. The fraction of sp³-hybridized carbons (Fsp3) is 0.143. The van der Waals surface area contributed by atoms with Crippen molar-refractivity contribution in [2.75, 3.05) is 12.4 Å². The summed E-state index contributed by atoms with van der Waals surface area (Å²) < 4.78 is 37.6. The fourth-order valence-corrected chi connectivity index (χ4v) is 4.49. The molecule has 1 aliphatic rings. The van der Waals surface area contributed by atoms with Gasteiger partial charge in [0.05, 0.1) is 12.0 Å². The van der Waals surface area contributed by atoms with Gasteiger partial charge in [-0.3, -0.25) is 4.21 Å². The van der Waals surface area contributed by atoms with E-state index in [1.807, 2.05) is 42.5 Å². The molecule has 4 nitrogen and oxygen atoms in total. The summed E-state index contributed by atoms with van der Waals surface area (Å²) in [5.41, 5.74) is 0.981. The number of rotatable bonds is 5. The highest BCUT2D eigenvalue weighted by Crippen LogP contribution is 2.39. The second-order valence-electron chi connectivity index (χ2n) is 6.13. The van der Waals surface area contributed by atoms with E-state index in [1.54, 1.807) is 25.3 Å². The van der Waals surface area contributed by atoms with Gasteiger partial charge in [0.2, 0.25) is 5.44 Å². The Morgan fingerprint density at radius 2 is 1.74 bits per heavy atom. The molecule has 0 bridgehead atoms. The van der Waals surface area contributed by atoms with Gasteiger partial charge in [-0.25, -0.2) is 4.39 Å².